The second-order valence-corrected chi connectivity index (χ2v) is 9.25. The highest BCUT2D eigenvalue weighted by atomic mass is 32.2. The standard InChI is InChI=1S/C22H24N4O4S/c1-17-2-7-20(31(28,29)26-10-12-30-13-11-26)14-21(17)22(27)24-15-18-3-5-19(6-4-18)25-9-8-23-16-25/h2-9,14,16H,10-13,15H2,1H3,(H,24,27). The summed E-state index contributed by atoms with van der Waals surface area (Å²) in [6.45, 7) is 3.50. The Labute approximate surface area is 181 Å². The summed E-state index contributed by atoms with van der Waals surface area (Å²) in [4.78, 5) is 16.9. The molecule has 8 nitrogen and oxygen atoms in total. The number of carbonyl (C=O) groups is 1. The van der Waals surface area contributed by atoms with Crippen LogP contribution in [-0.4, -0.2) is 54.5 Å². The Bertz CT molecular complexity index is 1150. The van der Waals surface area contributed by atoms with E-state index in [1.165, 1.54) is 10.4 Å². The van der Waals surface area contributed by atoms with Crippen molar-refractivity contribution in [3.8, 4) is 5.69 Å². The topological polar surface area (TPSA) is 93.5 Å². The van der Waals surface area contributed by atoms with E-state index < -0.39 is 10.0 Å². The average molecular weight is 441 g/mol. The molecule has 2 aromatic carbocycles. The molecule has 0 bridgehead atoms. The minimum absolute atomic E-state index is 0.120. The molecule has 4 rings (SSSR count). The van der Waals surface area contributed by atoms with Gasteiger partial charge in [0.05, 0.1) is 24.4 Å². The Morgan fingerprint density at radius 3 is 2.55 bits per heavy atom. The van der Waals surface area contributed by atoms with Crippen LogP contribution in [0, 0.1) is 6.92 Å². The number of sulfonamides is 1. The zero-order valence-corrected chi connectivity index (χ0v) is 18.0. The fourth-order valence-electron chi connectivity index (χ4n) is 3.42. The van der Waals surface area contributed by atoms with Crippen molar-refractivity contribution in [2.24, 2.45) is 0 Å². The molecule has 0 unspecified atom stereocenters. The predicted molar refractivity (Wildman–Crippen MR) is 115 cm³/mol. The Hall–Kier alpha value is -3.01. The maximum atomic E-state index is 12.9. The first-order valence-corrected chi connectivity index (χ1v) is 11.4. The molecule has 0 saturated carbocycles. The maximum Gasteiger partial charge on any atom is 0.251 e. The molecule has 0 aliphatic carbocycles. The number of hydrogen-bond donors (Lipinski definition) is 1. The number of amides is 1. The van der Waals surface area contributed by atoms with Gasteiger partial charge in [-0.25, -0.2) is 13.4 Å². The highest BCUT2D eigenvalue weighted by Crippen LogP contribution is 2.21. The van der Waals surface area contributed by atoms with E-state index in [-0.39, 0.29) is 10.8 Å². The van der Waals surface area contributed by atoms with Crippen molar-refractivity contribution in [1.29, 1.82) is 0 Å². The van der Waals surface area contributed by atoms with Crippen LogP contribution < -0.4 is 5.32 Å². The number of benzene rings is 2. The first-order valence-electron chi connectivity index (χ1n) is 9.99. The van der Waals surface area contributed by atoms with Gasteiger partial charge in [-0.1, -0.05) is 18.2 Å². The van der Waals surface area contributed by atoms with Crippen LogP contribution in [0.25, 0.3) is 5.69 Å². The van der Waals surface area contributed by atoms with Crippen LogP contribution in [0.1, 0.15) is 21.5 Å². The van der Waals surface area contributed by atoms with Crippen molar-refractivity contribution in [2.45, 2.75) is 18.4 Å². The minimum Gasteiger partial charge on any atom is -0.379 e. The summed E-state index contributed by atoms with van der Waals surface area (Å²) in [5.41, 5.74) is 2.98. The number of nitrogens with zero attached hydrogens (tertiary/aromatic N) is 3. The molecule has 2 heterocycles. The molecule has 0 spiro atoms. The van der Waals surface area contributed by atoms with E-state index in [2.05, 4.69) is 10.3 Å². The lowest BCUT2D eigenvalue weighted by Gasteiger charge is -2.26. The Morgan fingerprint density at radius 2 is 1.87 bits per heavy atom. The molecule has 3 aromatic rings. The lowest BCUT2D eigenvalue weighted by atomic mass is 10.1. The Balaban J connectivity index is 1.46. The third-order valence-electron chi connectivity index (χ3n) is 5.25. The number of hydrogen-bond acceptors (Lipinski definition) is 5. The monoisotopic (exact) mass is 440 g/mol. The average Bonchev–Trinajstić information content (AvgIpc) is 3.33. The summed E-state index contributed by atoms with van der Waals surface area (Å²) in [7, 11) is -3.66. The summed E-state index contributed by atoms with van der Waals surface area (Å²) in [5.74, 6) is -0.310. The van der Waals surface area contributed by atoms with E-state index in [0.717, 1.165) is 11.3 Å². The van der Waals surface area contributed by atoms with Gasteiger partial charge in [0.2, 0.25) is 10.0 Å². The zero-order valence-electron chi connectivity index (χ0n) is 17.2. The normalized spacial score (nSPS) is 15.0. The largest absolute Gasteiger partial charge is 0.379 e. The number of ether oxygens (including phenoxy) is 1. The first-order chi connectivity index (χ1) is 14.9. The molecule has 1 amide bonds. The molecular weight excluding hydrogens is 416 g/mol. The second-order valence-electron chi connectivity index (χ2n) is 7.31. The van der Waals surface area contributed by atoms with E-state index >= 15 is 0 Å². The zero-order chi connectivity index (χ0) is 21.8. The van der Waals surface area contributed by atoms with Gasteiger partial charge in [-0.3, -0.25) is 4.79 Å². The SMILES string of the molecule is Cc1ccc(S(=O)(=O)N2CCOCC2)cc1C(=O)NCc1ccc(-n2ccnc2)cc1. The predicted octanol–water partition coefficient (Wildman–Crippen LogP) is 2.13. The van der Waals surface area contributed by atoms with Gasteiger partial charge < -0.3 is 14.6 Å². The van der Waals surface area contributed by atoms with E-state index in [9.17, 15) is 13.2 Å². The van der Waals surface area contributed by atoms with Gasteiger partial charge in [-0.15, -0.1) is 0 Å². The lowest BCUT2D eigenvalue weighted by Crippen LogP contribution is -2.40. The number of morpholine rings is 1. The fourth-order valence-corrected chi connectivity index (χ4v) is 4.85. The van der Waals surface area contributed by atoms with Crippen LogP contribution >= 0.6 is 0 Å². The Kier molecular flexibility index (Phi) is 6.17. The van der Waals surface area contributed by atoms with Gasteiger partial charge in [0, 0.05) is 43.3 Å². The first kappa shape index (κ1) is 21.2. The quantitative estimate of drug-likeness (QED) is 0.634. The maximum absolute atomic E-state index is 12.9. The van der Waals surface area contributed by atoms with E-state index in [0.29, 0.717) is 44.0 Å². The van der Waals surface area contributed by atoms with Gasteiger partial charge in [-0.2, -0.15) is 4.31 Å². The molecular formula is C22H24N4O4S. The third-order valence-corrected chi connectivity index (χ3v) is 7.15. The summed E-state index contributed by atoms with van der Waals surface area (Å²) in [6, 6.07) is 12.4. The van der Waals surface area contributed by atoms with Crippen LogP contribution in [0.3, 0.4) is 0 Å². The number of carbonyl (C=O) groups excluding carboxylic acids is 1. The number of rotatable bonds is 6. The van der Waals surface area contributed by atoms with Gasteiger partial charge >= 0.3 is 0 Å². The van der Waals surface area contributed by atoms with Crippen molar-refractivity contribution in [1.82, 2.24) is 19.2 Å². The molecule has 1 saturated heterocycles. The lowest BCUT2D eigenvalue weighted by molar-refractivity contribution is 0.0730. The summed E-state index contributed by atoms with van der Waals surface area (Å²) < 4.78 is 34.4. The highest BCUT2D eigenvalue weighted by molar-refractivity contribution is 7.89. The van der Waals surface area contributed by atoms with E-state index in [1.807, 2.05) is 35.0 Å². The molecule has 0 radical (unpaired) electrons. The molecule has 162 valence electrons. The summed E-state index contributed by atoms with van der Waals surface area (Å²) >= 11 is 0. The summed E-state index contributed by atoms with van der Waals surface area (Å²) in [6.07, 6.45) is 5.29. The van der Waals surface area contributed by atoms with Gasteiger partial charge in [0.15, 0.2) is 0 Å². The number of aromatic nitrogens is 2. The van der Waals surface area contributed by atoms with Crippen LogP contribution in [-0.2, 0) is 21.3 Å². The van der Waals surface area contributed by atoms with Crippen molar-refractivity contribution in [2.75, 3.05) is 26.3 Å². The van der Waals surface area contributed by atoms with Crippen LogP contribution in [0.2, 0.25) is 0 Å². The fraction of sp³-hybridized carbons (Fsp3) is 0.273. The Morgan fingerprint density at radius 1 is 1.13 bits per heavy atom. The molecule has 1 aliphatic heterocycles. The van der Waals surface area contributed by atoms with Crippen molar-refractivity contribution in [3.63, 3.8) is 0 Å². The molecule has 1 fully saturated rings. The van der Waals surface area contributed by atoms with Crippen LogP contribution in [0.4, 0.5) is 0 Å². The van der Waals surface area contributed by atoms with Gasteiger partial charge in [0.1, 0.15) is 0 Å². The number of imidazole rings is 1. The van der Waals surface area contributed by atoms with Gasteiger partial charge in [-0.05, 0) is 42.3 Å². The molecule has 0 atom stereocenters. The summed E-state index contributed by atoms with van der Waals surface area (Å²) in [5, 5.41) is 2.88. The van der Waals surface area contributed by atoms with E-state index in [4.69, 9.17) is 4.74 Å². The van der Waals surface area contributed by atoms with Crippen molar-refractivity contribution < 1.29 is 17.9 Å². The smallest absolute Gasteiger partial charge is 0.251 e. The number of nitrogens with one attached hydrogen (secondary N) is 1. The molecule has 31 heavy (non-hydrogen) atoms. The second kappa shape index (κ2) is 9.01. The highest BCUT2D eigenvalue weighted by Gasteiger charge is 2.27. The van der Waals surface area contributed by atoms with Crippen molar-refractivity contribution in [3.05, 3.63) is 77.9 Å². The minimum atomic E-state index is -3.66. The van der Waals surface area contributed by atoms with Crippen LogP contribution in [0.5, 0.6) is 0 Å². The molecule has 9 heteroatoms. The van der Waals surface area contributed by atoms with Gasteiger partial charge in [0.25, 0.3) is 5.91 Å². The van der Waals surface area contributed by atoms with E-state index in [1.54, 1.807) is 31.6 Å². The molecule has 1 aliphatic rings. The molecule has 1 N–H and O–H groups in total. The van der Waals surface area contributed by atoms with Crippen LogP contribution in [0.15, 0.2) is 66.1 Å². The number of aryl methyl sites for hydroxylation is 1. The van der Waals surface area contributed by atoms with Crippen molar-refractivity contribution >= 4 is 15.9 Å². The molecule has 1 aromatic heterocycles. The third kappa shape index (κ3) is 4.68.